The zero-order valence-electron chi connectivity index (χ0n) is 12.1. The Bertz CT molecular complexity index is 505. The van der Waals surface area contributed by atoms with Crippen molar-refractivity contribution < 1.29 is 4.74 Å². The van der Waals surface area contributed by atoms with Gasteiger partial charge >= 0.3 is 0 Å². The molecule has 2 rings (SSSR count). The van der Waals surface area contributed by atoms with Gasteiger partial charge in [0.15, 0.2) is 0 Å². The Labute approximate surface area is 130 Å². The minimum Gasteiger partial charge on any atom is -0.491 e. The average Bonchev–Trinajstić information content (AvgIpc) is 2.46. The first-order valence-corrected chi connectivity index (χ1v) is 8.01. The fraction of sp³-hybridized carbons (Fsp3) is 0.333. The molecule has 0 aliphatic carbocycles. The number of aryl methyl sites for hydroxylation is 1. The van der Waals surface area contributed by atoms with Crippen molar-refractivity contribution in [2.45, 2.75) is 37.6 Å². The number of rotatable bonds is 6. The highest BCUT2D eigenvalue weighted by Gasteiger charge is 2.07. The van der Waals surface area contributed by atoms with Crippen LogP contribution in [0.4, 0.5) is 0 Å². The van der Waals surface area contributed by atoms with Crippen LogP contribution in [-0.4, -0.2) is 6.10 Å². The molecule has 2 heteroatoms. The summed E-state index contributed by atoms with van der Waals surface area (Å²) in [6.07, 6.45) is 2.38. The number of hydrogen-bond acceptors (Lipinski definition) is 1. The van der Waals surface area contributed by atoms with Gasteiger partial charge in [0.25, 0.3) is 0 Å². The lowest BCUT2D eigenvalue weighted by atomic mass is 10.0. The molecule has 0 radical (unpaired) electrons. The van der Waals surface area contributed by atoms with E-state index in [4.69, 9.17) is 4.74 Å². The van der Waals surface area contributed by atoms with Crippen LogP contribution in [0.5, 0.6) is 5.75 Å². The standard InChI is InChI=1S/C18H21BrO/c1-14(2)20-17-11-8-15(9-12-17)10-13-18(19)16-6-4-3-5-7-16/h3-9,11-12,14,18H,10,13H2,1-2H3. The van der Waals surface area contributed by atoms with E-state index < -0.39 is 0 Å². The summed E-state index contributed by atoms with van der Waals surface area (Å²) < 4.78 is 5.65. The summed E-state index contributed by atoms with van der Waals surface area (Å²) in [6, 6.07) is 19.0. The molecular weight excluding hydrogens is 312 g/mol. The second-order valence-electron chi connectivity index (χ2n) is 5.23. The minimum absolute atomic E-state index is 0.228. The van der Waals surface area contributed by atoms with E-state index in [-0.39, 0.29) is 6.10 Å². The Morgan fingerprint density at radius 2 is 1.60 bits per heavy atom. The van der Waals surface area contributed by atoms with Gasteiger partial charge in [-0.05, 0) is 49.9 Å². The van der Waals surface area contributed by atoms with E-state index in [1.165, 1.54) is 11.1 Å². The number of benzene rings is 2. The van der Waals surface area contributed by atoms with Gasteiger partial charge in [-0.1, -0.05) is 58.4 Å². The molecule has 0 fully saturated rings. The van der Waals surface area contributed by atoms with Crippen LogP contribution in [0.1, 0.15) is 36.2 Å². The van der Waals surface area contributed by atoms with Crippen LogP contribution in [0.25, 0.3) is 0 Å². The molecule has 0 spiro atoms. The molecule has 0 aromatic heterocycles. The molecule has 0 saturated carbocycles. The first-order valence-electron chi connectivity index (χ1n) is 7.10. The summed E-state index contributed by atoms with van der Waals surface area (Å²) in [4.78, 5) is 0.412. The summed E-state index contributed by atoms with van der Waals surface area (Å²) >= 11 is 3.77. The second-order valence-corrected chi connectivity index (χ2v) is 6.33. The summed E-state index contributed by atoms with van der Waals surface area (Å²) in [5, 5.41) is 0. The molecule has 0 N–H and O–H groups in total. The van der Waals surface area contributed by atoms with Gasteiger partial charge < -0.3 is 4.74 Å². The van der Waals surface area contributed by atoms with E-state index >= 15 is 0 Å². The molecule has 0 aliphatic heterocycles. The molecule has 1 atom stereocenters. The number of ether oxygens (including phenoxy) is 1. The molecule has 2 aromatic rings. The SMILES string of the molecule is CC(C)Oc1ccc(CCC(Br)c2ccccc2)cc1. The van der Waals surface area contributed by atoms with Crippen LogP contribution in [0.15, 0.2) is 54.6 Å². The minimum atomic E-state index is 0.228. The predicted octanol–water partition coefficient (Wildman–Crippen LogP) is 5.54. The molecule has 1 unspecified atom stereocenters. The summed E-state index contributed by atoms with van der Waals surface area (Å²) in [5.74, 6) is 0.946. The van der Waals surface area contributed by atoms with E-state index in [9.17, 15) is 0 Å². The zero-order valence-corrected chi connectivity index (χ0v) is 13.6. The van der Waals surface area contributed by atoms with Gasteiger partial charge in [-0.15, -0.1) is 0 Å². The third kappa shape index (κ3) is 4.68. The van der Waals surface area contributed by atoms with Crippen molar-refractivity contribution in [2.24, 2.45) is 0 Å². The molecule has 0 saturated heterocycles. The van der Waals surface area contributed by atoms with Crippen LogP contribution in [-0.2, 0) is 6.42 Å². The maximum Gasteiger partial charge on any atom is 0.119 e. The molecular formula is C18H21BrO. The summed E-state index contributed by atoms with van der Waals surface area (Å²) in [7, 11) is 0. The van der Waals surface area contributed by atoms with E-state index in [0.29, 0.717) is 4.83 Å². The van der Waals surface area contributed by atoms with E-state index in [1.807, 2.05) is 13.8 Å². The van der Waals surface area contributed by atoms with E-state index in [1.54, 1.807) is 0 Å². The van der Waals surface area contributed by atoms with Gasteiger partial charge in [-0.2, -0.15) is 0 Å². The molecule has 2 aromatic carbocycles. The fourth-order valence-corrected chi connectivity index (χ4v) is 2.66. The van der Waals surface area contributed by atoms with Gasteiger partial charge in [0, 0.05) is 4.83 Å². The third-order valence-corrected chi connectivity index (χ3v) is 4.13. The van der Waals surface area contributed by atoms with Crippen LogP contribution >= 0.6 is 15.9 Å². The summed E-state index contributed by atoms with van der Waals surface area (Å²) in [6.45, 7) is 4.09. The van der Waals surface area contributed by atoms with Crippen molar-refractivity contribution >= 4 is 15.9 Å². The number of halogens is 1. The monoisotopic (exact) mass is 332 g/mol. The van der Waals surface area contributed by atoms with Gasteiger partial charge in [-0.3, -0.25) is 0 Å². The highest BCUT2D eigenvalue weighted by molar-refractivity contribution is 9.09. The van der Waals surface area contributed by atoms with Crippen molar-refractivity contribution in [1.82, 2.24) is 0 Å². The zero-order chi connectivity index (χ0) is 14.4. The third-order valence-electron chi connectivity index (χ3n) is 3.14. The first kappa shape index (κ1) is 15.1. The Morgan fingerprint density at radius 3 is 2.20 bits per heavy atom. The van der Waals surface area contributed by atoms with Crippen molar-refractivity contribution in [3.63, 3.8) is 0 Å². The molecule has 0 bridgehead atoms. The normalized spacial score (nSPS) is 12.4. The van der Waals surface area contributed by atoms with E-state index in [0.717, 1.165) is 18.6 Å². The topological polar surface area (TPSA) is 9.23 Å². The molecule has 106 valence electrons. The Balaban J connectivity index is 1.88. The van der Waals surface area contributed by atoms with Crippen molar-refractivity contribution in [3.05, 3.63) is 65.7 Å². The van der Waals surface area contributed by atoms with Gasteiger partial charge in [0.1, 0.15) is 5.75 Å². The molecule has 1 nitrogen and oxygen atoms in total. The number of alkyl halides is 1. The van der Waals surface area contributed by atoms with Crippen LogP contribution in [0, 0.1) is 0 Å². The lowest BCUT2D eigenvalue weighted by Crippen LogP contribution is -2.05. The lowest BCUT2D eigenvalue weighted by Gasteiger charge is -2.12. The average molecular weight is 333 g/mol. The van der Waals surface area contributed by atoms with Gasteiger partial charge in [0.05, 0.1) is 6.10 Å². The first-order chi connectivity index (χ1) is 9.65. The van der Waals surface area contributed by atoms with E-state index in [2.05, 4.69) is 70.5 Å². The second kappa shape index (κ2) is 7.49. The highest BCUT2D eigenvalue weighted by atomic mass is 79.9. The molecule has 0 heterocycles. The van der Waals surface area contributed by atoms with Gasteiger partial charge in [-0.25, -0.2) is 0 Å². The van der Waals surface area contributed by atoms with Crippen LogP contribution in [0.2, 0.25) is 0 Å². The largest absolute Gasteiger partial charge is 0.491 e. The molecule has 20 heavy (non-hydrogen) atoms. The van der Waals surface area contributed by atoms with Gasteiger partial charge in [0.2, 0.25) is 0 Å². The van der Waals surface area contributed by atoms with Crippen LogP contribution < -0.4 is 4.74 Å². The summed E-state index contributed by atoms with van der Waals surface area (Å²) in [5.41, 5.74) is 2.69. The number of hydrogen-bond donors (Lipinski definition) is 0. The maximum absolute atomic E-state index is 5.65. The highest BCUT2D eigenvalue weighted by Crippen LogP contribution is 2.28. The van der Waals surface area contributed by atoms with Crippen molar-refractivity contribution in [1.29, 1.82) is 0 Å². The Hall–Kier alpha value is -1.28. The van der Waals surface area contributed by atoms with Crippen molar-refractivity contribution in [2.75, 3.05) is 0 Å². The lowest BCUT2D eigenvalue weighted by molar-refractivity contribution is 0.242. The molecule has 0 aliphatic rings. The Morgan fingerprint density at radius 1 is 0.950 bits per heavy atom. The fourth-order valence-electron chi connectivity index (χ4n) is 2.13. The predicted molar refractivity (Wildman–Crippen MR) is 88.6 cm³/mol. The van der Waals surface area contributed by atoms with Crippen LogP contribution in [0.3, 0.4) is 0 Å². The molecule has 0 amide bonds. The Kier molecular flexibility index (Phi) is 5.66. The smallest absolute Gasteiger partial charge is 0.119 e. The van der Waals surface area contributed by atoms with Crippen molar-refractivity contribution in [3.8, 4) is 5.75 Å². The maximum atomic E-state index is 5.65. The quantitative estimate of drug-likeness (QED) is 0.631.